The zero-order chi connectivity index (χ0) is 48.2. The number of carbonyl (C=O) groups excluding carboxylic acids is 3. The Morgan fingerprint density at radius 1 is 0.846 bits per heavy atom. The average molecular weight is 937 g/mol. The Hall–Kier alpha value is -3.70. The van der Waals surface area contributed by atoms with Gasteiger partial charge in [0.1, 0.15) is 72.8 Å². The van der Waals surface area contributed by atoms with Crippen molar-refractivity contribution >= 4 is 23.8 Å². The van der Waals surface area contributed by atoms with E-state index >= 15 is 0 Å². The van der Waals surface area contributed by atoms with Crippen LogP contribution in [0.25, 0.3) is 0 Å². The lowest BCUT2D eigenvalue weighted by Gasteiger charge is -2.51. The van der Waals surface area contributed by atoms with Crippen molar-refractivity contribution in [3.05, 3.63) is 29.3 Å². The third kappa shape index (κ3) is 13.7. The van der Waals surface area contributed by atoms with Crippen molar-refractivity contribution in [2.75, 3.05) is 33.5 Å². The molecule has 16 atom stereocenters. The van der Waals surface area contributed by atoms with E-state index in [0.717, 1.165) is 26.2 Å². The Morgan fingerprint density at radius 3 is 2.11 bits per heavy atom. The Balaban J connectivity index is 1.58. The van der Waals surface area contributed by atoms with E-state index in [-0.39, 0.29) is 18.1 Å². The summed E-state index contributed by atoms with van der Waals surface area (Å²) in [5.74, 6) is -7.41. The van der Waals surface area contributed by atoms with E-state index in [1.165, 1.54) is 19.2 Å². The fourth-order valence-corrected chi connectivity index (χ4v) is 7.90. The van der Waals surface area contributed by atoms with Gasteiger partial charge in [0.15, 0.2) is 12.6 Å². The lowest BCUT2D eigenvalue weighted by molar-refractivity contribution is -0.382. The predicted molar refractivity (Wildman–Crippen MR) is 216 cm³/mol. The summed E-state index contributed by atoms with van der Waals surface area (Å²) in [4.78, 5) is 49.9. The third-order valence-corrected chi connectivity index (χ3v) is 11.5. The maximum Gasteiger partial charge on any atom is 0.364 e. The Labute approximate surface area is 373 Å². The second-order valence-corrected chi connectivity index (χ2v) is 16.3. The molecule has 0 radical (unpaired) electrons. The second-order valence-electron chi connectivity index (χ2n) is 16.3. The van der Waals surface area contributed by atoms with Gasteiger partial charge in [-0.15, -0.1) is 0 Å². The number of rotatable bonds is 23. The van der Waals surface area contributed by atoms with Crippen molar-refractivity contribution in [2.45, 2.75) is 163 Å². The van der Waals surface area contributed by atoms with Crippen molar-refractivity contribution in [3.8, 4) is 5.75 Å². The molecule has 0 saturated carbocycles. The largest absolute Gasteiger partial charge is 0.507 e. The van der Waals surface area contributed by atoms with E-state index < -0.39 is 147 Å². The molecule has 3 fully saturated rings. The van der Waals surface area contributed by atoms with E-state index in [0.29, 0.717) is 31.2 Å². The molecule has 65 heavy (non-hydrogen) atoms. The Kier molecular flexibility index (Phi) is 20.6. The highest BCUT2D eigenvalue weighted by atomic mass is 16.8. The number of carbonyl (C=O) groups is 4. The zero-order valence-electron chi connectivity index (χ0n) is 36.3. The van der Waals surface area contributed by atoms with Crippen molar-refractivity contribution in [3.63, 3.8) is 0 Å². The quantitative estimate of drug-likeness (QED) is 0.0369. The zero-order valence-corrected chi connectivity index (χ0v) is 36.3. The maximum absolute atomic E-state index is 13.6. The highest BCUT2D eigenvalue weighted by Gasteiger charge is 2.60. The number of aryl methyl sites for hydroxylation is 1. The molecular weight excluding hydrogens is 872 g/mol. The number of phenols is 1. The molecule has 3 aliphatic rings. The first-order chi connectivity index (χ1) is 30.8. The van der Waals surface area contributed by atoms with Gasteiger partial charge in [-0.05, 0) is 31.9 Å². The summed E-state index contributed by atoms with van der Waals surface area (Å²) in [6, 6.07) is 1.14. The van der Waals surface area contributed by atoms with Crippen molar-refractivity contribution < 1.29 is 109 Å². The first kappa shape index (κ1) is 53.9. The van der Waals surface area contributed by atoms with Crippen LogP contribution in [0.3, 0.4) is 0 Å². The van der Waals surface area contributed by atoms with Crippen LogP contribution in [0.15, 0.2) is 18.2 Å². The molecule has 3 heterocycles. The van der Waals surface area contributed by atoms with Gasteiger partial charge >= 0.3 is 11.9 Å². The Bertz CT molecular complexity index is 1710. The van der Waals surface area contributed by atoms with Crippen LogP contribution in [-0.4, -0.2) is 211 Å². The van der Waals surface area contributed by atoms with Gasteiger partial charge in [0.05, 0.1) is 44.6 Å². The minimum absolute atomic E-state index is 0.0509. The van der Waals surface area contributed by atoms with E-state index in [4.69, 9.17) is 28.4 Å². The summed E-state index contributed by atoms with van der Waals surface area (Å²) in [6.45, 7) is -0.191. The van der Waals surface area contributed by atoms with E-state index in [2.05, 4.69) is 15.4 Å². The number of methoxy groups -OCH3 is 1. The lowest BCUT2D eigenvalue weighted by atomic mass is 9.88. The van der Waals surface area contributed by atoms with Gasteiger partial charge in [0.25, 0.3) is 11.7 Å². The van der Waals surface area contributed by atoms with Gasteiger partial charge in [0, 0.05) is 26.4 Å². The van der Waals surface area contributed by atoms with E-state index in [1.54, 1.807) is 13.0 Å². The fourth-order valence-electron chi connectivity index (χ4n) is 7.90. The van der Waals surface area contributed by atoms with Crippen molar-refractivity contribution in [2.24, 2.45) is 0 Å². The standard InChI is InChI=1S/C41H64N2O22/c1-19-11-12-22(48)21(14-19)37(56)43-29-32(54)34(26(18-46)62-38(29)60-13-9-7-5-4-6-8-10-27(51)59-3)63-39-33(55)36(31(53)25(17-45)61-39)65-41(40(57)58)15-23(49)28(42-20(2)47)35(64-41)30(52)24(50)16-44/h11-12,14,23-26,28-36,38-39,44-46,48-50,52-55H,4-10,13,15-18H2,1-3H3,(H,42,47)(H,43,56)(H,57,58)/t23?,24?,25?,26?,28-,29?,30?,31+,32?,33?,34-,35?,36?,38-,39?,41+/m1/s1. The second kappa shape index (κ2) is 24.9. The number of ether oxygens (including phenoxy) is 7. The number of carboxylic acids is 1. The molecular formula is C41H64N2O22. The summed E-state index contributed by atoms with van der Waals surface area (Å²) in [7, 11) is 1.32. The van der Waals surface area contributed by atoms with Crippen LogP contribution in [0.2, 0.25) is 0 Å². The van der Waals surface area contributed by atoms with Crippen LogP contribution in [0.4, 0.5) is 0 Å². The van der Waals surface area contributed by atoms with Crippen LogP contribution >= 0.6 is 0 Å². The van der Waals surface area contributed by atoms with Gasteiger partial charge in [-0.2, -0.15) is 0 Å². The summed E-state index contributed by atoms with van der Waals surface area (Å²) in [5, 5.41) is 123. The van der Waals surface area contributed by atoms with Crippen LogP contribution < -0.4 is 10.6 Å². The van der Waals surface area contributed by atoms with E-state index in [1.807, 2.05) is 0 Å². The highest BCUT2D eigenvalue weighted by Crippen LogP contribution is 2.38. The smallest absolute Gasteiger partial charge is 0.364 e. The molecule has 13 N–H and O–H groups in total. The fraction of sp³-hybridized carbons (Fsp3) is 0.756. The lowest BCUT2D eigenvalue weighted by Crippen LogP contribution is -2.71. The Morgan fingerprint density at radius 2 is 1.49 bits per heavy atom. The number of hydrogen-bond acceptors (Lipinski definition) is 21. The van der Waals surface area contributed by atoms with Crippen LogP contribution in [0, 0.1) is 6.92 Å². The number of esters is 1. The van der Waals surface area contributed by atoms with Crippen LogP contribution in [-0.2, 0) is 47.5 Å². The molecule has 24 heteroatoms. The number of nitrogens with one attached hydrogen (secondary N) is 2. The molecule has 11 unspecified atom stereocenters. The van der Waals surface area contributed by atoms with Gasteiger partial charge in [-0.3, -0.25) is 14.4 Å². The molecule has 0 spiro atoms. The monoisotopic (exact) mass is 936 g/mol. The van der Waals surface area contributed by atoms with Gasteiger partial charge < -0.3 is 100.0 Å². The average Bonchev–Trinajstić information content (AvgIpc) is 3.27. The molecule has 4 rings (SSSR count). The van der Waals surface area contributed by atoms with E-state index in [9.17, 15) is 75.3 Å². The number of aliphatic carboxylic acids is 1. The summed E-state index contributed by atoms with van der Waals surface area (Å²) >= 11 is 0. The molecule has 370 valence electrons. The number of benzene rings is 1. The van der Waals surface area contributed by atoms with Gasteiger partial charge in [-0.1, -0.05) is 37.3 Å². The minimum Gasteiger partial charge on any atom is -0.507 e. The first-order valence-electron chi connectivity index (χ1n) is 21.3. The predicted octanol–water partition coefficient (Wildman–Crippen LogP) is -3.84. The molecule has 24 nitrogen and oxygen atoms in total. The minimum atomic E-state index is -3.09. The molecule has 0 aliphatic carbocycles. The van der Waals surface area contributed by atoms with Gasteiger partial charge in [-0.25, -0.2) is 4.79 Å². The van der Waals surface area contributed by atoms with Crippen molar-refractivity contribution in [1.82, 2.24) is 10.6 Å². The number of phenolic OH excluding ortho intramolecular Hbond substituents is 1. The third-order valence-electron chi connectivity index (χ3n) is 11.5. The number of unbranched alkanes of at least 4 members (excludes halogenated alkanes) is 5. The normalized spacial score (nSPS) is 33.7. The highest BCUT2D eigenvalue weighted by molar-refractivity contribution is 5.97. The SMILES string of the molecule is COC(=O)CCCCCCCCO[C@@H]1OC(CO)[C@@H](OC2OC(CO)[C@H](O)C(O[C@]3(C(=O)O)CC(O)[C@@H](NC(C)=O)C(C(O)C(O)CO)O3)C2O)C(O)C1NC(=O)c1cc(C)ccc1O. The molecule has 3 saturated heterocycles. The summed E-state index contributed by atoms with van der Waals surface area (Å²) in [5.41, 5.74) is 0.427. The van der Waals surface area contributed by atoms with Crippen LogP contribution in [0.5, 0.6) is 5.75 Å². The number of hydrogen-bond donors (Lipinski definition) is 13. The number of aliphatic hydroxyl groups excluding tert-OH is 9. The molecule has 0 bridgehead atoms. The summed E-state index contributed by atoms with van der Waals surface area (Å²) < 4.78 is 39.6. The van der Waals surface area contributed by atoms with Crippen molar-refractivity contribution in [1.29, 1.82) is 0 Å². The van der Waals surface area contributed by atoms with Gasteiger partial charge in [0.2, 0.25) is 5.91 Å². The number of amides is 2. The summed E-state index contributed by atoms with van der Waals surface area (Å²) in [6.07, 6.45) is -21.3. The first-order valence-corrected chi connectivity index (χ1v) is 21.3. The molecule has 1 aromatic rings. The van der Waals surface area contributed by atoms with Crippen LogP contribution in [0.1, 0.15) is 74.2 Å². The number of carboxylic acid groups (broad SMARTS) is 1. The number of aromatic hydroxyl groups is 1. The topological polar surface area (TPSA) is 379 Å². The molecule has 1 aromatic carbocycles. The molecule has 0 aromatic heterocycles. The number of aliphatic hydroxyl groups is 9. The molecule has 2 amide bonds. The molecule has 3 aliphatic heterocycles. The maximum atomic E-state index is 13.6.